The number of esters is 1. The van der Waals surface area contributed by atoms with Gasteiger partial charge in [-0.25, -0.2) is 4.79 Å². The molecular weight excluding hydrogens is 376 g/mol. The van der Waals surface area contributed by atoms with Gasteiger partial charge in [-0.3, -0.25) is 19.7 Å². The predicted molar refractivity (Wildman–Crippen MR) is 96.2 cm³/mol. The number of nitrogens with zero attached hydrogens (tertiary/aromatic N) is 1. The highest BCUT2D eigenvalue weighted by atomic mass is 35.5. The fourth-order valence-corrected chi connectivity index (χ4v) is 2.79. The van der Waals surface area contributed by atoms with Gasteiger partial charge in [0, 0.05) is 23.7 Å². The zero-order chi connectivity index (χ0) is 19.8. The van der Waals surface area contributed by atoms with E-state index >= 15 is 0 Å². The van der Waals surface area contributed by atoms with Crippen molar-refractivity contribution in [3.8, 4) is 0 Å². The van der Waals surface area contributed by atoms with Gasteiger partial charge < -0.3 is 14.4 Å². The average molecular weight is 397 g/mol. The SMILES string of the molecule is CCOC(=O)NC(=O)COC(=O)C1CCN(C(=O)c2ccc(Cl)cc2)CC1. The second-order valence-corrected chi connectivity index (χ2v) is 6.39. The van der Waals surface area contributed by atoms with Crippen molar-refractivity contribution in [2.24, 2.45) is 5.92 Å². The minimum atomic E-state index is -0.882. The Morgan fingerprint density at radius 1 is 1.11 bits per heavy atom. The molecule has 2 rings (SSSR count). The Morgan fingerprint density at radius 3 is 2.33 bits per heavy atom. The topological polar surface area (TPSA) is 102 Å². The van der Waals surface area contributed by atoms with Gasteiger partial charge >= 0.3 is 12.1 Å². The lowest BCUT2D eigenvalue weighted by molar-refractivity contribution is -0.153. The van der Waals surface area contributed by atoms with Crippen LogP contribution < -0.4 is 5.32 Å². The molecule has 1 saturated heterocycles. The molecule has 1 aliphatic rings. The smallest absolute Gasteiger partial charge is 0.413 e. The minimum Gasteiger partial charge on any atom is -0.455 e. The van der Waals surface area contributed by atoms with Crippen molar-refractivity contribution < 1.29 is 28.7 Å². The standard InChI is InChI=1S/C18H21ClN2O6/c1-2-26-18(25)20-15(22)11-27-17(24)13-7-9-21(10-8-13)16(23)12-3-5-14(19)6-4-12/h3-6,13H,2,7-11H2,1H3,(H,20,22,25). The number of benzene rings is 1. The van der Waals surface area contributed by atoms with Crippen molar-refractivity contribution in [2.45, 2.75) is 19.8 Å². The van der Waals surface area contributed by atoms with Crippen LogP contribution >= 0.6 is 11.6 Å². The summed E-state index contributed by atoms with van der Waals surface area (Å²) in [5.41, 5.74) is 0.538. The number of amides is 3. The molecule has 0 unspecified atom stereocenters. The van der Waals surface area contributed by atoms with Gasteiger partial charge in [0.15, 0.2) is 6.61 Å². The monoisotopic (exact) mass is 396 g/mol. The zero-order valence-electron chi connectivity index (χ0n) is 14.9. The highest BCUT2D eigenvalue weighted by Gasteiger charge is 2.29. The van der Waals surface area contributed by atoms with E-state index < -0.39 is 30.5 Å². The van der Waals surface area contributed by atoms with E-state index in [1.165, 1.54) is 0 Å². The fraction of sp³-hybridized carbons (Fsp3) is 0.444. The second-order valence-electron chi connectivity index (χ2n) is 5.95. The lowest BCUT2D eigenvalue weighted by Crippen LogP contribution is -2.41. The molecule has 27 heavy (non-hydrogen) atoms. The Hall–Kier alpha value is -2.61. The lowest BCUT2D eigenvalue weighted by atomic mass is 9.96. The Morgan fingerprint density at radius 2 is 1.74 bits per heavy atom. The summed E-state index contributed by atoms with van der Waals surface area (Å²) in [6, 6.07) is 6.63. The van der Waals surface area contributed by atoms with Crippen molar-refractivity contribution in [2.75, 3.05) is 26.3 Å². The van der Waals surface area contributed by atoms with Crippen LogP contribution in [0.1, 0.15) is 30.1 Å². The van der Waals surface area contributed by atoms with Gasteiger partial charge in [-0.2, -0.15) is 0 Å². The van der Waals surface area contributed by atoms with E-state index in [-0.39, 0.29) is 12.5 Å². The predicted octanol–water partition coefficient (Wildman–Crippen LogP) is 2.01. The number of ether oxygens (including phenoxy) is 2. The summed E-state index contributed by atoms with van der Waals surface area (Å²) in [5, 5.41) is 2.50. The minimum absolute atomic E-state index is 0.118. The molecule has 1 aromatic carbocycles. The molecule has 3 amide bonds. The number of nitrogens with one attached hydrogen (secondary N) is 1. The van der Waals surface area contributed by atoms with E-state index in [9.17, 15) is 19.2 Å². The summed E-state index contributed by atoms with van der Waals surface area (Å²) in [4.78, 5) is 48.7. The third-order valence-corrected chi connectivity index (χ3v) is 4.32. The van der Waals surface area contributed by atoms with Crippen LogP contribution in [0.2, 0.25) is 5.02 Å². The van der Waals surface area contributed by atoms with Gasteiger partial charge in [0.1, 0.15) is 0 Å². The Bertz CT molecular complexity index is 698. The first kappa shape index (κ1) is 20.7. The van der Waals surface area contributed by atoms with Gasteiger partial charge in [-0.1, -0.05) is 11.6 Å². The van der Waals surface area contributed by atoms with Gasteiger partial charge in [-0.15, -0.1) is 0 Å². The summed E-state index contributed by atoms with van der Waals surface area (Å²) in [7, 11) is 0. The van der Waals surface area contributed by atoms with Crippen molar-refractivity contribution in [1.82, 2.24) is 10.2 Å². The molecule has 0 bridgehead atoms. The molecule has 0 aromatic heterocycles. The normalized spacial score (nSPS) is 14.4. The van der Waals surface area contributed by atoms with Crippen LogP contribution in [0.25, 0.3) is 0 Å². The maximum atomic E-state index is 12.4. The highest BCUT2D eigenvalue weighted by molar-refractivity contribution is 6.30. The molecule has 0 saturated carbocycles. The molecule has 1 heterocycles. The summed E-state index contributed by atoms with van der Waals surface area (Å²) in [5.74, 6) is -1.79. The zero-order valence-corrected chi connectivity index (χ0v) is 15.7. The number of likely N-dealkylation sites (tertiary alicyclic amines) is 1. The molecule has 0 aliphatic carbocycles. The Labute approximate surface area is 161 Å². The van der Waals surface area contributed by atoms with E-state index in [4.69, 9.17) is 16.3 Å². The number of piperidine rings is 1. The summed E-state index contributed by atoms with van der Waals surface area (Å²) < 4.78 is 9.50. The van der Waals surface area contributed by atoms with Gasteiger partial charge in [0.25, 0.3) is 11.8 Å². The van der Waals surface area contributed by atoms with Crippen LogP contribution in [0.4, 0.5) is 4.79 Å². The molecule has 146 valence electrons. The molecule has 0 spiro atoms. The first-order valence-electron chi connectivity index (χ1n) is 8.58. The van der Waals surface area contributed by atoms with Crippen LogP contribution in [0.15, 0.2) is 24.3 Å². The number of hydrogen-bond acceptors (Lipinski definition) is 6. The van der Waals surface area contributed by atoms with E-state index in [0.29, 0.717) is 36.5 Å². The summed E-state index contributed by atoms with van der Waals surface area (Å²) in [6.07, 6.45) is 0.00236. The molecule has 0 radical (unpaired) electrons. The number of hydrogen-bond donors (Lipinski definition) is 1. The molecule has 8 nitrogen and oxygen atoms in total. The van der Waals surface area contributed by atoms with Crippen LogP contribution in [-0.2, 0) is 19.1 Å². The Balaban J connectivity index is 1.75. The fourth-order valence-electron chi connectivity index (χ4n) is 2.66. The second kappa shape index (κ2) is 9.91. The van der Waals surface area contributed by atoms with Crippen LogP contribution in [-0.4, -0.2) is 55.1 Å². The molecule has 1 aromatic rings. The third kappa shape index (κ3) is 6.25. The van der Waals surface area contributed by atoms with Crippen LogP contribution in [0, 0.1) is 5.92 Å². The van der Waals surface area contributed by atoms with Gasteiger partial charge in [0.2, 0.25) is 0 Å². The largest absolute Gasteiger partial charge is 0.455 e. The molecule has 9 heteroatoms. The maximum absolute atomic E-state index is 12.4. The lowest BCUT2D eigenvalue weighted by Gasteiger charge is -2.31. The molecular formula is C18H21ClN2O6. The third-order valence-electron chi connectivity index (χ3n) is 4.07. The van der Waals surface area contributed by atoms with Crippen LogP contribution in [0.5, 0.6) is 0 Å². The Kier molecular flexibility index (Phi) is 7.60. The van der Waals surface area contributed by atoms with E-state index in [0.717, 1.165) is 0 Å². The first-order valence-corrected chi connectivity index (χ1v) is 8.96. The molecule has 1 fully saturated rings. The van der Waals surface area contributed by atoms with Crippen molar-refractivity contribution in [3.05, 3.63) is 34.9 Å². The number of carbonyl (C=O) groups excluding carboxylic acids is 4. The van der Waals surface area contributed by atoms with E-state index in [2.05, 4.69) is 4.74 Å². The number of carbonyl (C=O) groups is 4. The number of halogens is 1. The van der Waals surface area contributed by atoms with E-state index in [1.807, 2.05) is 5.32 Å². The van der Waals surface area contributed by atoms with Gasteiger partial charge in [0.05, 0.1) is 12.5 Å². The molecule has 1 N–H and O–H groups in total. The van der Waals surface area contributed by atoms with Crippen molar-refractivity contribution in [1.29, 1.82) is 0 Å². The molecule has 1 aliphatic heterocycles. The summed E-state index contributed by atoms with van der Waals surface area (Å²) in [6.45, 7) is 2.01. The molecule has 0 atom stereocenters. The highest BCUT2D eigenvalue weighted by Crippen LogP contribution is 2.21. The van der Waals surface area contributed by atoms with Crippen molar-refractivity contribution >= 4 is 35.5 Å². The van der Waals surface area contributed by atoms with Gasteiger partial charge in [-0.05, 0) is 44.0 Å². The number of imide groups is 1. The quantitative estimate of drug-likeness (QED) is 0.764. The number of rotatable bonds is 5. The maximum Gasteiger partial charge on any atom is 0.413 e. The first-order chi connectivity index (χ1) is 12.9. The number of alkyl carbamates (subject to hydrolysis) is 1. The van der Waals surface area contributed by atoms with Crippen LogP contribution in [0.3, 0.4) is 0 Å². The average Bonchev–Trinajstić information content (AvgIpc) is 2.66. The van der Waals surface area contributed by atoms with E-state index in [1.54, 1.807) is 36.1 Å². The van der Waals surface area contributed by atoms with Crippen molar-refractivity contribution in [3.63, 3.8) is 0 Å². The summed E-state index contributed by atoms with van der Waals surface area (Å²) >= 11 is 5.82.